The van der Waals surface area contributed by atoms with Gasteiger partial charge in [0, 0.05) is 5.56 Å². The number of carbonyl (C=O) groups excluding carboxylic acids is 2. The van der Waals surface area contributed by atoms with Gasteiger partial charge in [-0.25, -0.2) is 4.39 Å². The van der Waals surface area contributed by atoms with Crippen LogP contribution < -0.4 is 10.6 Å². The molecule has 2 N–H and O–H groups in total. The van der Waals surface area contributed by atoms with Crippen LogP contribution in [0.1, 0.15) is 54.3 Å². The summed E-state index contributed by atoms with van der Waals surface area (Å²) in [6.45, 7) is 9.18. The zero-order valence-corrected chi connectivity index (χ0v) is 15.7. The molecule has 2 unspecified atom stereocenters. The minimum absolute atomic E-state index is 0.0831. The highest BCUT2D eigenvalue weighted by Crippen LogP contribution is 2.21. The SMILES string of the molecule is Cc1cc(C(C)NC(=O)C(NC(=O)c2ccccc2F)C(C)C)c(C)o1. The summed E-state index contributed by atoms with van der Waals surface area (Å²) in [5.74, 6) is -0.204. The van der Waals surface area contributed by atoms with Gasteiger partial charge in [-0.15, -0.1) is 0 Å². The third-order valence-corrected chi connectivity index (χ3v) is 4.26. The number of hydrogen-bond donors (Lipinski definition) is 2. The van der Waals surface area contributed by atoms with E-state index in [0.717, 1.165) is 17.1 Å². The Morgan fingerprint density at radius 1 is 1.08 bits per heavy atom. The van der Waals surface area contributed by atoms with Crippen LogP contribution in [0.25, 0.3) is 0 Å². The predicted molar refractivity (Wildman–Crippen MR) is 97.2 cm³/mol. The molecule has 0 saturated heterocycles. The van der Waals surface area contributed by atoms with Crippen molar-refractivity contribution < 1.29 is 18.4 Å². The second kappa shape index (κ2) is 8.17. The topological polar surface area (TPSA) is 71.3 Å². The molecule has 2 amide bonds. The molecule has 2 atom stereocenters. The minimum Gasteiger partial charge on any atom is -0.466 e. The molecule has 0 spiro atoms. The fourth-order valence-electron chi connectivity index (χ4n) is 2.86. The quantitative estimate of drug-likeness (QED) is 0.826. The van der Waals surface area contributed by atoms with Gasteiger partial charge in [0.05, 0.1) is 11.6 Å². The maximum Gasteiger partial charge on any atom is 0.254 e. The first kappa shape index (κ1) is 19.7. The molecule has 1 aromatic heterocycles. The van der Waals surface area contributed by atoms with E-state index >= 15 is 0 Å². The number of aryl methyl sites for hydroxylation is 2. The maximum atomic E-state index is 13.8. The van der Waals surface area contributed by atoms with Gasteiger partial charge in [-0.05, 0) is 44.9 Å². The summed E-state index contributed by atoms with van der Waals surface area (Å²) in [4.78, 5) is 25.0. The zero-order valence-electron chi connectivity index (χ0n) is 15.7. The van der Waals surface area contributed by atoms with Gasteiger partial charge in [-0.1, -0.05) is 26.0 Å². The normalized spacial score (nSPS) is 13.3. The third kappa shape index (κ3) is 4.50. The van der Waals surface area contributed by atoms with E-state index in [2.05, 4.69) is 10.6 Å². The summed E-state index contributed by atoms with van der Waals surface area (Å²) in [5, 5.41) is 5.53. The molecular weight excluding hydrogens is 335 g/mol. The monoisotopic (exact) mass is 360 g/mol. The molecule has 0 fully saturated rings. The molecule has 0 saturated carbocycles. The molecule has 140 valence electrons. The number of nitrogens with one attached hydrogen (secondary N) is 2. The van der Waals surface area contributed by atoms with E-state index in [1.807, 2.05) is 40.7 Å². The van der Waals surface area contributed by atoms with Crippen molar-refractivity contribution in [3.8, 4) is 0 Å². The van der Waals surface area contributed by atoms with Crippen LogP contribution in [0.2, 0.25) is 0 Å². The van der Waals surface area contributed by atoms with E-state index < -0.39 is 17.8 Å². The molecule has 0 aliphatic heterocycles. The molecular formula is C20H25FN2O3. The van der Waals surface area contributed by atoms with Crippen LogP contribution in [0, 0.1) is 25.6 Å². The van der Waals surface area contributed by atoms with E-state index in [1.54, 1.807) is 6.07 Å². The highest BCUT2D eigenvalue weighted by molar-refractivity contribution is 5.97. The van der Waals surface area contributed by atoms with E-state index in [-0.39, 0.29) is 23.4 Å². The van der Waals surface area contributed by atoms with E-state index in [9.17, 15) is 14.0 Å². The average Bonchev–Trinajstić information content (AvgIpc) is 2.90. The van der Waals surface area contributed by atoms with Crippen molar-refractivity contribution in [2.75, 3.05) is 0 Å². The van der Waals surface area contributed by atoms with Crippen molar-refractivity contribution in [1.29, 1.82) is 0 Å². The van der Waals surface area contributed by atoms with Crippen molar-refractivity contribution in [1.82, 2.24) is 10.6 Å². The standard InChI is InChI=1S/C20H25FN2O3/c1-11(2)18(23-19(24)15-8-6-7-9-17(15)21)20(25)22-13(4)16-10-12(3)26-14(16)5/h6-11,13,18H,1-5H3,(H,22,25)(H,23,24). The first-order valence-electron chi connectivity index (χ1n) is 8.63. The Balaban J connectivity index is 2.11. The van der Waals surface area contributed by atoms with Gasteiger partial charge in [-0.3, -0.25) is 9.59 Å². The summed E-state index contributed by atoms with van der Waals surface area (Å²) >= 11 is 0. The van der Waals surface area contributed by atoms with Crippen LogP contribution in [0.5, 0.6) is 0 Å². The molecule has 5 nitrogen and oxygen atoms in total. The van der Waals surface area contributed by atoms with Crippen molar-refractivity contribution in [3.63, 3.8) is 0 Å². The lowest BCUT2D eigenvalue weighted by Gasteiger charge is -2.24. The summed E-state index contributed by atoms with van der Waals surface area (Å²) in [6.07, 6.45) is 0. The zero-order chi connectivity index (χ0) is 19.4. The molecule has 1 aromatic carbocycles. The average molecular weight is 360 g/mol. The molecule has 0 bridgehead atoms. The Morgan fingerprint density at radius 2 is 1.73 bits per heavy atom. The fourth-order valence-corrected chi connectivity index (χ4v) is 2.86. The van der Waals surface area contributed by atoms with Gasteiger partial charge >= 0.3 is 0 Å². The Morgan fingerprint density at radius 3 is 2.27 bits per heavy atom. The van der Waals surface area contributed by atoms with Gasteiger partial charge in [0.1, 0.15) is 23.4 Å². The van der Waals surface area contributed by atoms with Crippen molar-refractivity contribution in [3.05, 3.63) is 58.8 Å². The molecule has 26 heavy (non-hydrogen) atoms. The van der Waals surface area contributed by atoms with Crippen LogP contribution >= 0.6 is 0 Å². The van der Waals surface area contributed by atoms with E-state index in [1.165, 1.54) is 18.2 Å². The second-order valence-corrected chi connectivity index (χ2v) is 6.77. The number of rotatable bonds is 6. The molecule has 1 heterocycles. The van der Waals surface area contributed by atoms with Crippen LogP contribution in [-0.4, -0.2) is 17.9 Å². The summed E-state index contributed by atoms with van der Waals surface area (Å²) in [5.41, 5.74) is 0.805. The molecule has 0 aliphatic carbocycles. The summed E-state index contributed by atoms with van der Waals surface area (Å²) in [7, 11) is 0. The third-order valence-electron chi connectivity index (χ3n) is 4.26. The fraction of sp³-hybridized carbons (Fsp3) is 0.400. The lowest BCUT2D eigenvalue weighted by atomic mass is 10.0. The van der Waals surface area contributed by atoms with Crippen LogP contribution in [0.15, 0.2) is 34.7 Å². The van der Waals surface area contributed by atoms with Crippen molar-refractivity contribution in [2.45, 2.75) is 46.7 Å². The Hall–Kier alpha value is -2.63. The highest BCUT2D eigenvalue weighted by Gasteiger charge is 2.27. The minimum atomic E-state index is -0.780. The van der Waals surface area contributed by atoms with Gasteiger partial charge in [-0.2, -0.15) is 0 Å². The lowest BCUT2D eigenvalue weighted by Crippen LogP contribution is -2.50. The van der Waals surface area contributed by atoms with Crippen molar-refractivity contribution in [2.24, 2.45) is 5.92 Å². The second-order valence-electron chi connectivity index (χ2n) is 6.77. The summed E-state index contributed by atoms with van der Waals surface area (Å²) < 4.78 is 19.3. The van der Waals surface area contributed by atoms with Crippen molar-refractivity contribution >= 4 is 11.8 Å². The Kier molecular flexibility index (Phi) is 6.18. The van der Waals surface area contributed by atoms with E-state index in [4.69, 9.17) is 4.42 Å². The first-order chi connectivity index (χ1) is 12.2. The highest BCUT2D eigenvalue weighted by atomic mass is 19.1. The Bertz CT molecular complexity index is 798. The lowest BCUT2D eigenvalue weighted by molar-refractivity contribution is -0.124. The molecule has 2 aromatic rings. The number of amides is 2. The molecule has 0 aliphatic rings. The maximum absolute atomic E-state index is 13.8. The first-order valence-corrected chi connectivity index (χ1v) is 8.63. The van der Waals surface area contributed by atoms with Gasteiger partial charge < -0.3 is 15.1 Å². The number of hydrogen-bond acceptors (Lipinski definition) is 3. The number of carbonyl (C=O) groups is 2. The summed E-state index contributed by atoms with van der Waals surface area (Å²) in [6, 6.07) is 6.52. The van der Waals surface area contributed by atoms with Gasteiger partial charge in [0.25, 0.3) is 5.91 Å². The largest absolute Gasteiger partial charge is 0.466 e. The van der Waals surface area contributed by atoms with Crippen LogP contribution in [0.4, 0.5) is 4.39 Å². The van der Waals surface area contributed by atoms with Gasteiger partial charge in [0.15, 0.2) is 0 Å². The van der Waals surface area contributed by atoms with E-state index in [0.29, 0.717) is 0 Å². The van der Waals surface area contributed by atoms with Gasteiger partial charge in [0.2, 0.25) is 5.91 Å². The predicted octanol–water partition coefficient (Wildman–Crippen LogP) is 3.67. The Labute approximate surface area is 153 Å². The number of furan rings is 1. The molecule has 0 radical (unpaired) electrons. The molecule has 2 rings (SSSR count). The number of halogens is 1. The number of benzene rings is 1. The molecule has 6 heteroatoms. The van der Waals surface area contributed by atoms with Crippen LogP contribution in [0.3, 0.4) is 0 Å². The smallest absolute Gasteiger partial charge is 0.254 e. The van der Waals surface area contributed by atoms with Crippen LogP contribution in [-0.2, 0) is 4.79 Å².